The van der Waals surface area contributed by atoms with E-state index in [1.807, 2.05) is 17.8 Å². The zero-order chi connectivity index (χ0) is 18.7. The molecule has 1 atom stereocenters. The van der Waals surface area contributed by atoms with Crippen LogP contribution in [0.15, 0.2) is 36.7 Å². The zero-order valence-corrected chi connectivity index (χ0v) is 15.4. The van der Waals surface area contributed by atoms with Gasteiger partial charge in [0.15, 0.2) is 6.61 Å². The highest BCUT2D eigenvalue weighted by Crippen LogP contribution is 2.24. The Morgan fingerprint density at radius 2 is 2.04 bits per heavy atom. The standard InChI is InChI=1S/C17H19F3N4O2.ClH/c1-23-8-7-22-15(23)14-10-21-6-9-24(14)16(25)12-2-4-13(5-3-12)26-11-17(18,19)20;/h2-5,7-8,14,21H,6,9-11H2,1H3;1H. The third-order valence-corrected chi connectivity index (χ3v) is 4.16. The van der Waals surface area contributed by atoms with Gasteiger partial charge in [0.05, 0.1) is 0 Å². The third-order valence-electron chi connectivity index (χ3n) is 4.16. The Balaban J connectivity index is 0.00000261. The first-order valence-corrected chi connectivity index (χ1v) is 8.14. The van der Waals surface area contributed by atoms with E-state index in [0.29, 0.717) is 25.2 Å². The number of carbonyl (C=O) groups excluding carboxylic acids is 1. The van der Waals surface area contributed by atoms with Gasteiger partial charge >= 0.3 is 6.18 Å². The van der Waals surface area contributed by atoms with Crippen LogP contribution in [0.5, 0.6) is 5.75 Å². The number of ether oxygens (including phenoxy) is 1. The topological polar surface area (TPSA) is 59.4 Å². The van der Waals surface area contributed by atoms with Gasteiger partial charge in [0, 0.05) is 44.6 Å². The van der Waals surface area contributed by atoms with Gasteiger partial charge in [-0.1, -0.05) is 0 Å². The lowest BCUT2D eigenvalue weighted by Gasteiger charge is -2.35. The van der Waals surface area contributed by atoms with E-state index in [0.717, 1.165) is 5.82 Å². The lowest BCUT2D eigenvalue weighted by molar-refractivity contribution is -0.153. The third kappa shape index (κ3) is 5.14. The number of rotatable bonds is 4. The molecule has 1 N–H and O–H groups in total. The number of aromatic nitrogens is 2. The van der Waals surface area contributed by atoms with Crippen LogP contribution in [0, 0.1) is 0 Å². The number of nitrogens with zero attached hydrogens (tertiary/aromatic N) is 3. The van der Waals surface area contributed by atoms with Crippen LogP contribution in [0.4, 0.5) is 13.2 Å². The van der Waals surface area contributed by atoms with Crippen molar-refractivity contribution in [3.63, 3.8) is 0 Å². The molecule has 3 rings (SSSR count). The van der Waals surface area contributed by atoms with Crippen LogP contribution in [0.25, 0.3) is 0 Å². The van der Waals surface area contributed by atoms with Crippen molar-refractivity contribution in [1.29, 1.82) is 0 Å². The number of hydrogen-bond donors (Lipinski definition) is 1. The smallest absolute Gasteiger partial charge is 0.422 e. The number of halogens is 4. The first kappa shape index (κ1) is 21.0. The lowest BCUT2D eigenvalue weighted by Crippen LogP contribution is -2.49. The van der Waals surface area contributed by atoms with Crippen LogP contribution >= 0.6 is 12.4 Å². The molecule has 1 amide bonds. The molecule has 0 saturated carbocycles. The van der Waals surface area contributed by atoms with E-state index in [1.165, 1.54) is 24.3 Å². The van der Waals surface area contributed by atoms with E-state index in [-0.39, 0.29) is 30.1 Å². The second-order valence-corrected chi connectivity index (χ2v) is 6.04. The van der Waals surface area contributed by atoms with Crippen molar-refractivity contribution in [2.75, 3.05) is 26.2 Å². The van der Waals surface area contributed by atoms with Crippen LogP contribution in [0.3, 0.4) is 0 Å². The van der Waals surface area contributed by atoms with E-state index >= 15 is 0 Å². The number of piperazine rings is 1. The maximum absolute atomic E-state index is 12.9. The molecule has 1 aliphatic heterocycles. The summed E-state index contributed by atoms with van der Waals surface area (Å²) in [4.78, 5) is 18.9. The number of benzene rings is 1. The molecule has 2 heterocycles. The van der Waals surface area contributed by atoms with Gasteiger partial charge in [-0.15, -0.1) is 12.4 Å². The summed E-state index contributed by atoms with van der Waals surface area (Å²) >= 11 is 0. The number of alkyl halides is 3. The Kier molecular flexibility index (Phi) is 6.72. The Labute approximate surface area is 160 Å². The summed E-state index contributed by atoms with van der Waals surface area (Å²) in [6, 6.07) is 5.49. The molecule has 2 aromatic rings. The van der Waals surface area contributed by atoms with E-state index in [1.54, 1.807) is 11.1 Å². The molecule has 0 bridgehead atoms. The molecular formula is C17H20ClF3N4O2. The van der Waals surface area contributed by atoms with Gasteiger partial charge in [0.25, 0.3) is 5.91 Å². The largest absolute Gasteiger partial charge is 0.484 e. The monoisotopic (exact) mass is 404 g/mol. The molecule has 148 valence electrons. The normalized spacial score (nSPS) is 17.3. The predicted octanol–water partition coefficient (Wildman–Crippen LogP) is 2.57. The first-order chi connectivity index (χ1) is 12.3. The van der Waals surface area contributed by atoms with Gasteiger partial charge in [-0.25, -0.2) is 4.98 Å². The highest BCUT2D eigenvalue weighted by molar-refractivity contribution is 5.94. The van der Waals surface area contributed by atoms with E-state index in [2.05, 4.69) is 15.0 Å². The molecule has 1 unspecified atom stereocenters. The number of amides is 1. The van der Waals surface area contributed by atoms with Crippen molar-refractivity contribution < 1.29 is 22.7 Å². The van der Waals surface area contributed by atoms with Crippen molar-refractivity contribution in [2.45, 2.75) is 12.2 Å². The number of aryl methyl sites for hydroxylation is 1. The second kappa shape index (κ2) is 8.62. The molecule has 0 radical (unpaired) electrons. The SMILES string of the molecule is Cl.Cn1ccnc1C1CNCCN1C(=O)c1ccc(OCC(F)(F)F)cc1. The van der Waals surface area contributed by atoms with Crippen LogP contribution in [0.2, 0.25) is 0 Å². The zero-order valence-electron chi connectivity index (χ0n) is 14.6. The van der Waals surface area contributed by atoms with Crippen molar-refractivity contribution in [3.05, 3.63) is 48.0 Å². The van der Waals surface area contributed by atoms with Gasteiger partial charge in [0.1, 0.15) is 17.6 Å². The summed E-state index contributed by atoms with van der Waals surface area (Å²) in [5.74, 6) is 0.650. The maximum atomic E-state index is 12.9. The Hall–Kier alpha value is -2.26. The molecule has 6 nitrogen and oxygen atoms in total. The van der Waals surface area contributed by atoms with Crippen molar-refractivity contribution in [1.82, 2.24) is 19.8 Å². The van der Waals surface area contributed by atoms with Gasteiger partial charge in [-0.3, -0.25) is 4.79 Å². The van der Waals surface area contributed by atoms with Gasteiger partial charge in [-0.2, -0.15) is 13.2 Å². The number of imidazole rings is 1. The Morgan fingerprint density at radius 3 is 2.63 bits per heavy atom. The average molecular weight is 405 g/mol. The van der Waals surface area contributed by atoms with Crippen LogP contribution in [0.1, 0.15) is 22.2 Å². The number of carbonyl (C=O) groups is 1. The van der Waals surface area contributed by atoms with Gasteiger partial charge < -0.3 is 19.5 Å². The summed E-state index contributed by atoms with van der Waals surface area (Å²) < 4.78 is 43.1. The van der Waals surface area contributed by atoms with Crippen molar-refractivity contribution in [2.24, 2.45) is 7.05 Å². The minimum atomic E-state index is -4.40. The minimum Gasteiger partial charge on any atom is -0.484 e. The minimum absolute atomic E-state index is 0. The fourth-order valence-corrected chi connectivity index (χ4v) is 2.90. The number of nitrogens with one attached hydrogen (secondary N) is 1. The summed E-state index contributed by atoms with van der Waals surface area (Å²) in [5, 5.41) is 3.25. The maximum Gasteiger partial charge on any atom is 0.422 e. The summed E-state index contributed by atoms with van der Waals surface area (Å²) in [5.41, 5.74) is 0.394. The highest BCUT2D eigenvalue weighted by atomic mass is 35.5. The van der Waals surface area contributed by atoms with Crippen LogP contribution in [-0.4, -0.2) is 52.8 Å². The molecule has 1 saturated heterocycles. The van der Waals surface area contributed by atoms with Gasteiger partial charge in [0.2, 0.25) is 0 Å². The summed E-state index contributed by atoms with van der Waals surface area (Å²) in [6.45, 7) is 0.408. The Bertz CT molecular complexity index is 764. The summed E-state index contributed by atoms with van der Waals surface area (Å²) in [7, 11) is 1.87. The highest BCUT2D eigenvalue weighted by Gasteiger charge is 2.31. The second-order valence-electron chi connectivity index (χ2n) is 6.04. The molecule has 1 aromatic heterocycles. The molecule has 10 heteroatoms. The van der Waals surface area contributed by atoms with Gasteiger partial charge in [-0.05, 0) is 24.3 Å². The molecule has 0 spiro atoms. The molecule has 1 fully saturated rings. The van der Waals surface area contributed by atoms with E-state index < -0.39 is 12.8 Å². The van der Waals surface area contributed by atoms with Crippen LogP contribution in [-0.2, 0) is 7.05 Å². The van der Waals surface area contributed by atoms with E-state index in [9.17, 15) is 18.0 Å². The van der Waals surface area contributed by atoms with Crippen LogP contribution < -0.4 is 10.1 Å². The van der Waals surface area contributed by atoms with Crippen molar-refractivity contribution in [3.8, 4) is 5.75 Å². The molecule has 27 heavy (non-hydrogen) atoms. The predicted molar refractivity (Wildman–Crippen MR) is 95.1 cm³/mol. The molecule has 1 aliphatic rings. The van der Waals surface area contributed by atoms with Crippen molar-refractivity contribution >= 4 is 18.3 Å². The first-order valence-electron chi connectivity index (χ1n) is 8.14. The Morgan fingerprint density at radius 1 is 1.33 bits per heavy atom. The summed E-state index contributed by atoms with van der Waals surface area (Å²) in [6.07, 6.45) is -0.899. The fraction of sp³-hybridized carbons (Fsp3) is 0.412. The number of hydrogen-bond acceptors (Lipinski definition) is 4. The quantitative estimate of drug-likeness (QED) is 0.851. The fourth-order valence-electron chi connectivity index (χ4n) is 2.90. The average Bonchev–Trinajstić information content (AvgIpc) is 3.05. The molecular weight excluding hydrogens is 385 g/mol. The lowest BCUT2D eigenvalue weighted by atomic mass is 10.1. The molecule has 0 aliphatic carbocycles. The molecule has 1 aromatic carbocycles. The van der Waals surface area contributed by atoms with E-state index in [4.69, 9.17) is 0 Å².